The molecule has 5 aromatic heterocycles. The largest absolute Gasteiger partial charge is 0.456 e. The quantitative estimate of drug-likeness (QED) is 0.172. The maximum absolute atomic E-state index is 6.98. The maximum atomic E-state index is 6.98. The number of rotatable bonds is 5. The van der Waals surface area contributed by atoms with Crippen LogP contribution >= 0.6 is 0 Å². The van der Waals surface area contributed by atoms with Crippen LogP contribution in [0.25, 0.3) is 144 Å². The van der Waals surface area contributed by atoms with Gasteiger partial charge in [0.05, 0.1) is 27.8 Å². The van der Waals surface area contributed by atoms with Crippen molar-refractivity contribution in [2.45, 2.75) is 0 Å². The molecule has 0 amide bonds. The minimum absolute atomic E-state index is 0.540. The summed E-state index contributed by atoms with van der Waals surface area (Å²) in [5.74, 6) is 1.64. The topological polar surface area (TPSA) is 74.8 Å². The van der Waals surface area contributed by atoms with Crippen LogP contribution in [0.5, 0.6) is 0 Å². The van der Waals surface area contributed by atoms with Crippen LogP contribution in [0, 0.1) is 0 Å². The van der Waals surface area contributed by atoms with Crippen molar-refractivity contribution in [2.75, 3.05) is 0 Å². The second-order valence-corrected chi connectivity index (χ2v) is 17.5. The van der Waals surface area contributed by atoms with Gasteiger partial charge in [0.1, 0.15) is 16.7 Å². The first kappa shape index (κ1) is 36.9. The summed E-state index contributed by atoms with van der Waals surface area (Å²) >= 11 is 0. The van der Waals surface area contributed by atoms with Crippen molar-refractivity contribution < 1.29 is 8.83 Å². The summed E-state index contributed by atoms with van der Waals surface area (Å²) < 4.78 is 18.1. The Bertz CT molecular complexity index is 4570. The number of benzene rings is 10. The molecule has 0 bridgehead atoms. The van der Waals surface area contributed by atoms with Gasteiger partial charge in [0, 0.05) is 65.5 Å². The molecule has 0 saturated heterocycles. The number of aromatic nitrogens is 5. The van der Waals surface area contributed by atoms with Crippen LogP contribution in [0.4, 0.5) is 0 Å². The van der Waals surface area contributed by atoms with Crippen LogP contribution in [0.2, 0.25) is 0 Å². The molecule has 5 heterocycles. The zero-order valence-corrected chi connectivity index (χ0v) is 36.3. The van der Waals surface area contributed by atoms with Crippen LogP contribution in [-0.2, 0) is 0 Å². The van der Waals surface area contributed by atoms with Gasteiger partial charge >= 0.3 is 0 Å². The van der Waals surface area contributed by atoms with E-state index in [9.17, 15) is 0 Å². The van der Waals surface area contributed by atoms with E-state index in [4.69, 9.17) is 23.8 Å². The zero-order chi connectivity index (χ0) is 44.5. The van der Waals surface area contributed by atoms with Gasteiger partial charge in [-0.05, 0) is 102 Å². The van der Waals surface area contributed by atoms with Crippen LogP contribution in [-0.4, -0.2) is 24.1 Å². The highest BCUT2D eigenvalue weighted by Gasteiger charge is 2.24. The minimum Gasteiger partial charge on any atom is -0.456 e. The smallest absolute Gasteiger partial charge is 0.164 e. The van der Waals surface area contributed by atoms with Crippen molar-refractivity contribution in [3.05, 3.63) is 212 Å². The van der Waals surface area contributed by atoms with Gasteiger partial charge in [0.15, 0.2) is 23.1 Å². The Morgan fingerprint density at radius 3 is 1.66 bits per heavy atom. The molecule has 0 aliphatic rings. The van der Waals surface area contributed by atoms with Crippen LogP contribution < -0.4 is 0 Å². The molecule has 68 heavy (non-hydrogen) atoms. The Morgan fingerprint density at radius 2 is 0.882 bits per heavy atom. The number of para-hydroxylation sites is 5. The lowest BCUT2D eigenvalue weighted by atomic mass is 10.0. The molecule has 7 heteroatoms. The number of nitrogens with zero attached hydrogens (tertiary/aromatic N) is 5. The first-order valence-corrected chi connectivity index (χ1v) is 22.8. The summed E-state index contributed by atoms with van der Waals surface area (Å²) in [5, 5.41) is 11.0. The third-order valence-corrected chi connectivity index (χ3v) is 13.7. The molecule has 0 radical (unpaired) electrons. The Balaban J connectivity index is 0.995. The molecule has 0 N–H and O–H groups in total. The van der Waals surface area contributed by atoms with E-state index in [0.717, 1.165) is 105 Å². The van der Waals surface area contributed by atoms with Crippen molar-refractivity contribution >= 4 is 98.3 Å². The third-order valence-electron chi connectivity index (χ3n) is 13.7. The lowest BCUT2D eigenvalue weighted by Crippen LogP contribution is -2.01. The normalized spacial score (nSPS) is 12.1. The van der Waals surface area contributed by atoms with E-state index in [0.29, 0.717) is 17.5 Å². The summed E-state index contributed by atoms with van der Waals surface area (Å²) in [7, 11) is 0. The van der Waals surface area contributed by atoms with Crippen molar-refractivity contribution in [3.8, 4) is 45.5 Å². The Hall–Kier alpha value is -9.33. The first-order chi connectivity index (χ1) is 33.7. The fourth-order valence-electron chi connectivity index (χ4n) is 10.7. The monoisotopic (exact) mass is 869 g/mol. The van der Waals surface area contributed by atoms with Gasteiger partial charge in [-0.3, -0.25) is 0 Å². The molecule has 0 aliphatic carbocycles. The lowest BCUT2D eigenvalue weighted by molar-refractivity contribution is 0.666. The van der Waals surface area contributed by atoms with E-state index < -0.39 is 0 Å². The molecule has 316 valence electrons. The molecule has 10 aromatic carbocycles. The molecular weight excluding hydrogens is 835 g/mol. The summed E-state index contributed by atoms with van der Waals surface area (Å²) in [5.41, 5.74) is 12.2. The molecular formula is C61H35N5O2. The second-order valence-electron chi connectivity index (χ2n) is 17.5. The molecule has 0 fully saturated rings. The van der Waals surface area contributed by atoms with E-state index in [2.05, 4.69) is 185 Å². The first-order valence-electron chi connectivity index (χ1n) is 22.8. The highest BCUT2D eigenvalue weighted by Crippen LogP contribution is 2.44. The average Bonchev–Trinajstić information content (AvgIpc) is 4.15. The molecule has 0 saturated carbocycles. The number of fused-ring (bicyclic) bond motifs is 13. The van der Waals surface area contributed by atoms with Crippen molar-refractivity contribution in [1.82, 2.24) is 24.1 Å². The second kappa shape index (κ2) is 14.1. The molecule has 15 aromatic rings. The average molecular weight is 870 g/mol. The van der Waals surface area contributed by atoms with Crippen molar-refractivity contribution in [3.63, 3.8) is 0 Å². The van der Waals surface area contributed by atoms with E-state index >= 15 is 0 Å². The van der Waals surface area contributed by atoms with Crippen molar-refractivity contribution in [1.29, 1.82) is 0 Å². The number of hydrogen-bond acceptors (Lipinski definition) is 5. The van der Waals surface area contributed by atoms with Gasteiger partial charge < -0.3 is 18.0 Å². The highest BCUT2D eigenvalue weighted by atomic mass is 16.3. The molecule has 7 nitrogen and oxygen atoms in total. The van der Waals surface area contributed by atoms with E-state index in [-0.39, 0.29) is 0 Å². The predicted octanol–water partition coefficient (Wildman–Crippen LogP) is 16.0. The standard InChI is InChI=1S/C61H35N5O2/c1-2-16-40(17-3-1)65-49-22-10-6-18-41(49)47-33-38(27-30-51(47)65)59-62-60(39-26-28-44-43-20-8-12-24-54(43)67-56(44)35-39)64-61(63-59)46-29-31-52(58-57(46)45-21-9-13-25-55(45)68-58)66-50-23-11-7-19-42(50)48-32-36-14-4-5-15-37(36)34-53(48)66/h1-35H. The Morgan fingerprint density at radius 1 is 0.324 bits per heavy atom. The van der Waals surface area contributed by atoms with Gasteiger partial charge in [0.25, 0.3) is 0 Å². The van der Waals surface area contributed by atoms with Gasteiger partial charge in [-0.2, -0.15) is 0 Å². The Kier molecular flexibility index (Phi) is 7.65. The third kappa shape index (κ3) is 5.38. The maximum Gasteiger partial charge on any atom is 0.164 e. The zero-order valence-electron chi connectivity index (χ0n) is 36.3. The summed E-state index contributed by atoms with van der Waals surface area (Å²) in [4.78, 5) is 16.1. The highest BCUT2D eigenvalue weighted by molar-refractivity contribution is 6.18. The van der Waals surface area contributed by atoms with Gasteiger partial charge in [-0.25, -0.2) is 15.0 Å². The molecule has 0 unspecified atom stereocenters. The van der Waals surface area contributed by atoms with Gasteiger partial charge in [0.2, 0.25) is 0 Å². The fourth-order valence-corrected chi connectivity index (χ4v) is 10.7. The van der Waals surface area contributed by atoms with E-state index in [1.165, 1.54) is 21.5 Å². The Labute approximate surface area is 387 Å². The van der Waals surface area contributed by atoms with Crippen LogP contribution in [0.15, 0.2) is 221 Å². The van der Waals surface area contributed by atoms with E-state index in [1.807, 2.05) is 36.4 Å². The van der Waals surface area contributed by atoms with Crippen LogP contribution in [0.3, 0.4) is 0 Å². The summed E-state index contributed by atoms with van der Waals surface area (Å²) in [6, 6.07) is 74.4. The fraction of sp³-hybridized carbons (Fsp3) is 0. The summed E-state index contributed by atoms with van der Waals surface area (Å²) in [6.45, 7) is 0. The van der Waals surface area contributed by atoms with Gasteiger partial charge in [-0.15, -0.1) is 0 Å². The lowest BCUT2D eigenvalue weighted by Gasteiger charge is -2.13. The number of furan rings is 2. The molecule has 0 aliphatic heterocycles. The van der Waals surface area contributed by atoms with Crippen molar-refractivity contribution in [2.24, 2.45) is 0 Å². The van der Waals surface area contributed by atoms with E-state index in [1.54, 1.807) is 0 Å². The summed E-state index contributed by atoms with van der Waals surface area (Å²) in [6.07, 6.45) is 0. The SMILES string of the molecule is c1ccc(-n2c3ccccc3c3cc(-c4nc(-c5ccc6c(c5)oc5ccccc56)nc(-c5ccc(-n6c7ccccc7c7cc8ccccc8cc76)c6oc7ccccc7c56)n4)ccc32)cc1. The molecule has 0 spiro atoms. The minimum atomic E-state index is 0.540. The number of hydrogen-bond donors (Lipinski definition) is 0. The van der Waals surface area contributed by atoms with Crippen LogP contribution in [0.1, 0.15) is 0 Å². The molecule has 15 rings (SSSR count). The molecule has 0 atom stereocenters. The predicted molar refractivity (Wildman–Crippen MR) is 277 cm³/mol. The van der Waals surface area contributed by atoms with Gasteiger partial charge in [-0.1, -0.05) is 121 Å².